The summed E-state index contributed by atoms with van der Waals surface area (Å²) in [6.07, 6.45) is -6.69. The van der Waals surface area contributed by atoms with Gasteiger partial charge in [0.1, 0.15) is 0 Å². The molecule has 1 aliphatic heterocycles. The zero-order valence-electron chi connectivity index (χ0n) is 13.6. The van der Waals surface area contributed by atoms with Crippen LogP contribution in [0.4, 0.5) is 32.0 Å². The Morgan fingerprint density at radius 2 is 1.60 bits per heavy atom. The van der Waals surface area contributed by atoms with E-state index in [1.165, 1.54) is 6.07 Å². The van der Waals surface area contributed by atoms with Crippen LogP contribution in [0, 0.1) is 5.92 Å². The SMILES string of the molecule is FC(F)(F)c1ccc(N2CCC(C(F)(F)F)CC2)c(CNC2CC2)c1. The second-order valence-electron chi connectivity index (χ2n) is 6.80. The number of hydrogen-bond donors (Lipinski definition) is 1. The van der Waals surface area contributed by atoms with Crippen LogP contribution in [0.1, 0.15) is 36.8 Å². The van der Waals surface area contributed by atoms with Crippen LogP contribution in [0.25, 0.3) is 0 Å². The van der Waals surface area contributed by atoms with E-state index in [9.17, 15) is 26.3 Å². The third kappa shape index (κ3) is 4.59. The van der Waals surface area contributed by atoms with Crippen LogP contribution in [0.3, 0.4) is 0 Å². The van der Waals surface area contributed by atoms with Crippen molar-refractivity contribution in [1.82, 2.24) is 5.32 Å². The molecule has 2 fully saturated rings. The fourth-order valence-electron chi connectivity index (χ4n) is 3.20. The van der Waals surface area contributed by atoms with Gasteiger partial charge in [-0.3, -0.25) is 0 Å². The minimum absolute atomic E-state index is 0.0278. The molecule has 1 aliphatic carbocycles. The van der Waals surface area contributed by atoms with E-state index in [2.05, 4.69) is 5.32 Å². The van der Waals surface area contributed by atoms with E-state index in [4.69, 9.17) is 0 Å². The minimum atomic E-state index is -4.43. The van der Waals surface area contributed by atoms with Crippen LogP contribution < -0.4 is 10.2 Å². The largest absolute Gasteiger partial charge is 0.416 e. The van der Waals surface area contributed by atoms with Gasteiger partial charge in [0, 0.05) is 31.4 Å². The first-order chi connectivity index (χ1) is 11.6. The van der Waals surface area contributed by atoms with Crippen molar-refractivity contribution in [2.24, 2.45) is 5.92 Å². The molecule has 1 heterocycles. The molecule has 0 bridgehead atoms. The van der Waals surface area contributed by atoms with Crippen molar-refractivity contribution in [2.75, 3.05) is 18.0 Å². The van der Waals surface area contributed by atoms with E-state index in [0.29, 0.717) is 23.8 Å². The molecule has 0 aromatic heterocycles. The molecule has 8 heteroatoms. The molecule has 0 amide bonds. The van der Waals surface area contributed by atoms with E-state index in [0.717, 1.165) is 25.0 Å². The van der Waals surface area contributed by atoms with Crippen molar-refractivity contribution in [2.45, 2.75) is 50.6 Å². The van der Waals surface area contributed by atoms with Crippen LogP contribution in [0.15, 0.2) is 18.2 Å². The van der Waals surface area contributed by atoms with Crippen molar-refractivity contribution >= 4 is 5.69 Å². The fourth-order valence-corrected chi connectivity index (χ4v) is 3.20. The lowest BCUT2D eigenvalue weighted by Crippen LogP contribution is -2.39. The lowest BCUT2D eigenvalue weighted by atomic mass is 9.95. The molecule has 1 saturated heterocycles. The van der Waals surface area contributed by atoms with Gasteiger partial charge in [0.2, 0.25) is 0 Å². The highest BCUT2D eigenvalue weighted by atomic mass is 19.4. The predicted molar refractivity (Wildman–Crippen MR) is 82.3 cm³/mol. The summed E-state index contributed by atoms with van der Waals surface area (Å²) in [6.45, 7) is 0.695. The van der Waals surface area contributed by atoms with Gasteiger partial charge in [-0.2, -0.15) is 26.3 Å². The first-order valence-electron chi connectivity index (χ1n) is 8.40. The standard InChI is InChI=1S/C17H20F6N2/c18-16(19,20)12-5-7-25(8-6-12)15-4-1-13(17(21,22)23)9-11(15)10-24-14-2-3-14/h1,4,9,12,14,24H,2-3,5-8,10H2. The number of rotatable bonds is 4. The van der Waals surface area contributed by atoms with Crippen molar-refractivity contribution in [3.63, 3.8) is 0 Å². The molecular formula is C17H20F6N2. The van der Waals surface area contributed by atoms with E-state index in [1.807, 2.05) is 0 Å². The van der Waals surface area contributed by atoms with E-state index in [-0.39, 0.29) is 25.9 Å². The highest BCUT2D eigenvalue weighted by Crippen LogP contribution is 2.38. The molecule has 1 aromatic carbocycles. The quantitative estimate of drug-likeness (QED) is 0.775. The monoisotopic (exact) mass is 366 g/mol. The molecule has 25 heavy (non-hydrogen) atoms. The summed E-state index contributed by atoms with van der Waals surface area (Å²) in [7, 11) is 0. The van der Waals surface area contributed by atoms with Gasteiger partial charge in [0.15, 0.2) is 0 Å². The van der Waals surface area contributed by atoms with Crippen molar-refractivity contribution in [3.8, 4) is 0 Å². The van der Waals surface area contributed by atoms with Crippen molar-refractivity contribution < 1.29 is 26.3 Å². The zero-order chi connectivity index (χ0) is 18.2. The molecule has 1 aromatic rings. The van der Waals surface area contributed by atoms with Crippen molar-refractivity contribution in [1.29, 1.82) is 0 Å². The summed E-state index contributed by atoms with van der Waals surface area (Å²) in [5.74, 6) is -1.33. The number of anilines is 1. The summed E-state index contributed by atoms with van der Waals surface area (Å²) >= 11 is 0. The second-order valence-corrected chi connectivity index (χ2v) is 6.80. The maximum absolute atomic E-state index is 13.0. The van der Waals surface area contributed by atoms with Gasteiger partial charge in [-0.1, -0.05) is 0 Å². The summed E-state index contributed by atoms with van der Waals surface area (Å²) < 4.78 is 77.3. The maximum Gasteiger partial charge on any atom is 0.416 e. The Balaban J connectivity index is 1.77. The smallest absolute Gasteiger partial charge is 0.371 e. The molecule has 3 rings (SSSR count). The average Bonchev–Trinajstić information content (AvgIpc) is 3.35. The Hall–Kier alpha value is -1.44. The highest BCUT2D eigenvalue weighted by Gasteiger charge is 2.41. The van der Waals surface area contributed by atoms with Crippen LogP contribution in [-0.2, 0) is 12.7 Å². The zero-order valence-corrected chi connectivity index (χ0v) is 13.6. The molecule has 1 saturated carbocycles. The van der Waals surface area contributed by atoms with E-state index < -0.39 is 23.8 Å². The van der Waals surface area contributed by atoms with E-state index in [1.54, 1.807) is 4.90 Å². The Labute approximate surface area is 142 Å². The normalized spacial score (nSPS) is 20.2. The summed E-state index contributed by atoms with van der Waals surface area (Å²) in [5.41, 5.74) is 0.364. The molecule has 1 N–H and O–H groups in total. The summed E-state index contributed by atoms with van der Waals surface area (Å²) in [4.78, 5) is 1.77. The fraction of sp³-hybridized carbons (Fsp3) is 0.647. The molecule has 2 nitrogen and oxygen atoms in total. The molecule has 0 atom stereocenters. The molecule has 0 spiro atoms. The number of nitrogens with zero attached hydrogens (tertiary/aromatic N) is 1. The van der Waals surface area contributed by atoms with Gasteiger partial charge >= 0.3 is 12.4 Å². The van der Waals surface area contributed by atoms with Crippen LogP contribution >= 0.6 is 0 Å². The number of benzene rings is 1. The van der Waals surface area contributed by atoms with E-state index >= 15 is 0 Å². The number of alkyl halides is 6. The number of nitrogens with one attached hydrogen (secondary N) is 1. The lowest BCUT2D eigenvalue weighted by molar-refractivity contribution is -0.179. The molecule has 0 radical (unpaired) electrons. The van der Waals surface area contributed by atoms with Gasteiger partial charge in [-0.25, -0.2) is 0 Å². The minimum Gasteiger partial charge on any atom is -0.371 e. The first-order valence-corrected chi connectivity index (χ1v) is 8.40. The van der Waals surface area contributed by atoms with Gasteiger partial charge in [0.05, 0.1) is 11.5 Å². The van der Waals surface area contributed by atoms with Crippen LogP contribution in [0.5, 0.6) is 0 Å². The van der Waals surface area contributed by atoms with Gasteiger partial charge in [-0.05, 0) is 49.4 Å². The number of piperidine rings is 1. The topological polar surface area (TPSA) is 15.3 Å². The summed E-state index contributed by atoms with van der Waals surface area (Å²) in [5, 5.41) is 3.19. The van der Waals surface area contributed by atoms with Crippen LogP contribution in [0.2, 0.25) is 0 Å². The molecule has 140 valence electrons. The Morgan fingerprint density at radius 3 is 2.12 bits per heavy atom. The molecule has 2 aliphatic rings. The van der Waals surface area contributed by atoms with Gasteiger partial charge < -0.3 is 10.2 Å². The molecular weight excluding hydrogens is 346 g/mol. The van der Waals surface area contributed by atoms with Crippen molar-refractivity contribution in [3.05, 3.63) is 29.3 Å². The number of hydrogen-bond acceptors (Lipinski definition) is 2. The highest BCUT2D eigenvalue weighted by molar-refractivity contribution is 5.56. The van der Waals surface area contributed by atoms with Gasteiger partial charge in [0.25, 0.3) is 0 Å². The third-order valence-electron chi connectivity index (χ3n) is 4.86. The third-order valence-corrected chi connectivity index (χ3v) is 4.86. The molecule has 0 unspecified atom stereocenters. The predicted octanol–water partition coefficient (Wildman–Crippen LogP) is 4.74. The Kier molecular flexibility index (Phi) is 4.92. The Bertz CT molecular complexity index is 598. The first kappa shape index (κ1) is 18.4. The summed E-state index contributed by atoms with van der Waals surface area (Å²) in [6, 6.07) is 3.84. The maximum atomic E-state index is 13.0. The number of halogens is 6. The Morgan fingerprint density at radius 1 is 0.960 bits per heavy atom. The van der Waals surface area contributed by atoms with Gasteiger partial charge in [-0.15, -0.1) is 0 Å². The average molecular weight is 366 g/mol. The van der Waals surface area contributed by atoms with Crippen LogP contribution in [-0.4, -0.2) is 25.3 Å². The lowest BCUT2D eigenvalue weighted by Gasteiger charge is -2.35. The second kappa shape index (κ2) is 6.70.